The molecule has 1 atom stereocenters. The lowest BCUT2D eigenvalue weighted by molar-refractivity contribution is 0.669. The van der Waals surface area contributed by atoms with E-state index in [2.05, 4.69) is 220 Å². The van der Waals surface area contributed by atoms with Gasteiger partial charge in [-0.25, -0.2) is 0 Å². The van der Waals surface area contributed by atoms with Gasteiger partial charge in [0.1, 0.15) is 11.2 Å². The fraction of sp³-hybridized carbons (Fsp3) is 0. The molecule has 9 aromatic carbocycles. The van der Waals surface area contributed by atoms with Crippen LogP contribution in [0.25, 0.3) is 77.6 Å². The van der Waals surface area contributed by atoms with Crippen molar-refractivity contribution in [3.8, 4) is 55.6 Å². The lowest BCUT2D eigenvalue weighted by atomic mass is 9.98. The fourth-order valence-corrected chi connectivity index (χ4v) is 8.20. The van der Waals surface area contributed by atoms with E-state index in [9.17, 15) is 0 Å². The second-order valence-electron chi connectivity index (χ2n) is 14.4. The number of rotatable bonds is 8. The van der Waals surface area contributed by atoms with Crippen LogP contribution in [0.1, 0.15) is 0 Å². The molecule has 1 heterocycles. The van der Waals surface area contributed by atoms with Gasteiger partial charge in [0.05, 0.1) is 0 Å². The van der Waals surface area contributed by atoms with Crippen molar-refractivity contribution in [2.24, 2.45) is 0 Å². The van der Waals surface area contributed by atoms with E-state index < -0.39 is 0 Å². The molecule has 0 amide bonds. The van der Waals surface area contributed by atoms with Crippen LogP contribution >= 0.6 is 9.24 Å². The third kappa shape index (κ3) is 6.82. The molecule has 10 aromatic rings. The molecule has 0 radical (unpaired) electrons. The molecule has 0 aliphatic carbocycles. The average molecular weight is 748 g/mol. The third-order valence-electron chi connectivity index (χ3n) is 10.9. The molecule has 0 bridgehead atoms. The molecule has 1 aromatic heterocycles. The molecular formula is C54H38NOP. The zero-order valence-corrected chi connectivity index (χ0v) is 32.4. The van der Waals surface area contributed by atoms with E-state index in [4.69, 9.17) is 4.42 Å². The molecule has 2 nitrogen and oxygen atoms in total. The summed E-state index contributed by atoms with van der Waals surface area (Å²) in [6, 6.07) is 78.0. The Bertz CT molecular complexity index is 2970. The predicted molar refractivity (Wildman–Crippen MR) is 245 cm³/mol. The summed E-state index contributed by atoms with van der Waals surface area (Å²) in [5, 5.41) is 3.45. The van der Waals surface area contributed by atoms with Gasteiger partial charge in [0.15, 0.2) is 0 Å². The highest BCUT2D eigenvalue weighted by Crippen LogP contribution is 2.39. The highest BCUT2D eigenvalue weighted by atomic mass is 31.0. The Morgan fingerprint density at radius 1 is 0.298 bits per heavy atom. The van der Waals surface area contributed by atoms with Crippen molar-refractivity contribution in [1.82, 2.24) is 0 Å². The van der Waals surface area contributed by atoms with Crippen LogP contribution in [0.2, 0.25) is 0 Å². The van der Waals surface area contributed by atoms with Gasteiger partial charge in [0.2, 0.25) is 0 Å². The van der Waals surface area contributed by atoms with Gasteiger partial charge in [0, 0.05) is 27.8 Å². The minimum Gasteiger partial charge on any atom is -0.456 e. The van der Waals surface area contributed by atoms with Crippen LogP contribution in [-0.2, 0) is 0 Å². The number of furan rings is 1. The van der Waals surface area contributed by atoms with Crippen LogP contribution in [0.5, 0.6) is 0 Å². The molecule has 3 heteroatoms. The smallest absolute Gasteiger partial charge is 0.135 e. The molecular weight excluding hydrogens is 710 g/mol. The van der Waals surface area contributed by atoms with Gasteiger partial charge in [-0.05, 0) is 122 Å². The summed E-state index contributed by atoms with van der Waals surface area (Å²) >= 11 is 0. The van der Waals surface area contributed by atoms with Crippen LogP contribution in [0, 0.1) is 0 Å². The minimum absolute atomic E-state index is 0.905. The zero-order chi connectivity index (χ0) is 38.1. The predicted octanol–water partition coefficient (Wildman–Crippen LogP) is 14.9. The molecule has 10 rings (SSSR count). The van der Waals surface area contributed by atoms with Crippen molar-refractivity contribution >= 4 is 53.5 Å². The van der Waals surface area contributed by atoms with E-state index >= 15 is 0 Å². The first-order chi connectivity index (χ1) is 28.1. The standard InChI is InChI=1S/C54H38NOP/c57-54-34-26-45(35-50(54)43-11-5-2-6-12-43)42-23-31-48(32-24-42)55(46-27-19-40(20-28-46)39-17-15-38(16-18-39)37-9-3-1-4-10-37)47-29-21-41(22-30-47)44-25-33-53-51(36-44)49-13-7-8-14-52(49)56-53/h1-36H,57H2. The maximum atomic E-state index is 6.11. The SMILES string of the molecule is Pc1ccc(-c2ccc(N(c3ccc(-c4ccc(-c5ccccc5)cc4)cc3)c3ccc(-c4ccc5oc6ccccc6c5c4)cc3)cc2)cc1-c1ccccc1. The van der Waals surface area contributed by atoms with Gasteiger partial charge in [-0.15, -0.1) is 9.24 Å². The molecule has 0 fully saturated rings. The van der Waals surface area contributed by atoms with Gasteiger partial charge in [-0.2, -0.15) is 0 Å². The molecule has 270 valence electrons. The van der Waals surface area contributed by atoms with Crippen LogP contribution < -0.4 is 10.2 Å². The topological polar surface area (TPSA) is 16.4 Å². The highest BCUT2D eigenvalue weighted by molar-refractivity contribution is 7.28. The van der Waals surface area contributed by atoms with Crippen LogP contribution in [-0.4, -0.2) is 0 Å². The van der Waals surface area contributed by atoms with Gasteiger partial charge < -0.3 is 9.32 Å². The molecule has 0 saturated carbocycles. The number of benzene rings is 9. The van der Waals surface area contributed by atoms with E-state index in [0.717, 1.165) is 50.1 Å². The van der Waals surface area contributed by atoms with Crippen LogP contribution in [0.15, 0.2) is 223 Å². The third-order valence-corrected chi connectivity index (χ3v) is 11.4. The first-order valence-corrected chi connectivity index (χ1v) is 19.9. The molecule has 0 spiro atoms. The quantitative estimate of drug-likeness (QED) is 0.144. The Kier molecular flexibility index (Phi) is 9.03. The monoisotopic (exact) mass is 747 g/mol. The Hall–Kier alpha value is -6.99. The largest absolute Gasteiger partial charge is 0.456 e. The van der Waals surface area contributed by atoms with Crippen molar-refractivity contribution in [3.05, 3.63) is 218 Å². The second kappa shape index (κ2) is 14.9. The number of para-hydroxylation sites is 1. The Labute approximate surface area is 335 Å². The van der Waals surface area contributed by atoms with Crippen molar-refractivity contribution in [3.63, 3.8) is 0 Å². The lowest BCUT2D eigenvalue weighted by Gasteiger charge is -2.26. The summed E-state index contributed by atoms with van der Waals surface area (Å²) in [5.41, 5.74) is 17.0. The second-order valence-corrected chi connectivity index (χ2v) is 15.0. The normalized spacial score (nSPS) is 11.2. The van der Waals surface area contributed by atoms with E-state index in [1.807, 2.05) is 12.1 Å². The fourth-order valence-electron chi connectivity index (χ4n) is 7.85. The van der Waals surface area contributed by atoms with Gasteiger partial charge in [0.25, 0.3) is 0 Å². The first-order valence-electron chi connectivity index (χ1n) is 19.3. The number of fused-ring (bicyclic) bond motifs is 3. The summed E-state index contributed by atoms with van der Waals surface area (Å²) in [6.45, 7) is 0. The van der Waals surface area contributed by atoms with E-state index in [-0.39, 0.29) is 0 Å². The molecule has 0 aliphatic heterocycles. The van der Waals surface area contributed by atoms with Crippen molar-refractivity contribution in [1.29, 1.82) is 0 Å². The molecule has 0 saturated heterocycles. The van der Waals surface area contributed by atoms with Crippen molar-refractivity contribution in [2.75, 3.05) is 4.90 Å². The molecule has 0 N–H and O–H groups in total. The number of anilines is 3. The first kappa shape index (κ1) is 34.5. The van der Waals surface area contributed by atoms with E-state index in [1.54, 1.807) is 0 Å². The summed E-state index contributed by atoms with van der Waals surface area (Å²) < 4.78 is 6.11. The summed E-state index contributed by atoms with van der Waals surface area (Å²) in [6.07, 6.45) is 0. The summed E-state index contributed by atoms with van der Waals surface area (Å²) in [7, 11) is 2.89. The molecule has 1 unspecified atom stereocenters. The van der Waals surface area contributed by atoms with Crippen molar-refractivity contribution < 1.29 is 4.42 Å². The molecule has 0 aliphatic rings. The average Bonchev–Trinajstić information content (AvgIpc) is 3.66. The maximum Gasteiger partial charge on any atom is 0.135 e. The van der Waals surface area contributed by atoms with Crippen LogP contribution in [0.4, 0.5) is 17.1 Å². The van der Waals surface area contributed by atoms with Gasteiger partial charge in [-0.1, -0.05) is 158 Å². The van der Waals surface area contributed by atoms with Crippen molar-refractivity contribution in [2.45, 2.75) is 0 Å². The minimum atomic E-state index is 0.905. The van der Waals surface area contributed by atoms with Gasteiger partial charge >= 0.3 is 0 Å². The zero-order valence-electron chi connectivity index (χ0n) is 31.2. The highest BCUT2D eigenvalue weighted by Gasteiger charge is 2.15. The van der Waals surface area contributed by atoms with E-state index in [0.29, 0.717) is 0 Å². The molecule has 57 heavy (non-hydrogen) atoms. The maximum absolute atomic E-state index is 6.11. The number of hydrogen-bond donors (Lipinski definition) is 0. The Balaban J connectivity index is 0.997. The number of nitrogens with zero attached hydrogens (tertiary/aromatic N) is 1. The Morgan fingerprint density at radius 3 is 1.25 bits per heavy atom. The van der Waals surface area contributed by atoms with Gasteiger partial charge in [-0.3, -0.25) is 0 Å². The lowest BCUT2D eigenvalue weighted by Crippen LogP contribution is -2.09. The summed E-state index contributed by atoms with van der Waals surface area (Å²) in [5.74, 6) is 0. The summed E-state index contributed by atoms with van der Waals surface area (Å²) in [4.78, 5) is 2.34. The number of hydrogen-bond acceptors (Lipinski definition) is 2. The Morgan fingerprint density at radius 2 is 0.684 bits per heavy atom. The van der Waals surface area contributed by atoms with E-state index in [1.165, 1.54) is 49.8 Å². The van der Waals surface area contributed by atoms with Crippen LogP contribution in [0.3, 0.4) is 0 Å².